The Kier molecular flexibility index (Phi) is 9.97. The number of carbonyl (C=O) groups excluding carboxylic acids is 3. The van der Waals surface area contributed by atoms with Gasteiger partial charge in [-0.25, -0.2) is 9.48 Å². The van der Waals surface area contributed by atoms with Crippen molar-refractivity contribution in [3.8, 4) is 5.69 Å². The number of rotatable bonds is 9. The van der Waals surface area contributed by atoms with Crippen LogP contribution in [0.3, 0.4) is 0 Å². The Balaban J connectivity index is 1.17. The van der Waals surface area contributed by atoms with Crippen molar-refractivity contribution in [2.75, 3.05) is 37.8 Å². The summed E-state index contributed by atoms with van der Waals surface area (Å²) in [7, 11) is 3.86. The number of para-hydroxylation sites is 1. The van der Waals surface area contributed by atoms with Crippen LogP contribution in [0.2, 0.25) is 5.02 Å². The number of hydrogen-bond donors (Lipinski definition) is 4. The average Bonchev–Trinajstić information content (AvgIpc) is 3.42. The van der Waals surface area contributed by atoms with Gasteiger partial charge in [0.05, 0.1) is 27.7 Å². The fourth-order valence-electron chi connectivity index (χ4n) is 4.85. The molecule has 0 aliphatic heterocycles. The van der Waals surface area contributed by atoms with Crippen molar-refractivity contribution < 1.29 is 27.6 Å². The summed E-state index contributed by atoms with van der Waals surface area (Å²) in [4.78, 5) is 40.2. The zero-order valence-electron chi connectivity index (χ0n) is 25.4. The molecule has 14 heteroatoms. The Morgan fingerprint density at radius 1 is 0.979 bits per heavy atom. The number of anilines is 2. The number of nitrogens with zero attached hydrogens (tertiary/aromatic N) is 3. The molecular formula is C33H31ClF3N7O3. The first-order chi connectivity index (χ1) is 22.4. The largest absolute Gasteiger partial charge is 0.417 e. The molecule has 1 heterocycles. The fraction of sp³-hybridized carbons (Fsp3) is 0.212. The van der Waals surface area contributed by atoms with E-state index < -0.39 is 28.7 Å². The molecule has 4 N–H and O–H groups in total. The standard InChI is InChI=1S/C33H31ClF3N7O3/c1-43(2)18-17-38-31(46)29-25-5-3-4-6-28(25)44(42-29)24-14-11-21(12-15-24)39-30(45)20-7-9-22(10-8-20)40-32(47)41-23-13-16-27(34)26(19-23)33(35,36)37/h3-7,9-16,19-20H,8,17-18H2,1-2H3,(H,38,46)(H,39,45)(H2,40,41,47). The molecule has 0 bridgehead atoms. The van der Waals surface area contributed by atoms with Crippen molar-refractivity contribution in [2.24, 2.45) is 5.92 Å². The van der Waals surface area contributed by atoms with Crippen molar-refractivity contribution in [3.63, 3.8) is 0 Å². The molecule has 47 heavy (non-hydrogen) atoms. The van der Waals surface area contributed by atoms with Crippen molar-refractivity contribution in [1.82, 2.24) is 25.3 Å². The average molecular weight is 666 g/mol. The van der Waals surface area contributed by atoms with Crippen molar-refractivity contribution >= 4 is 51.7 Å². The van der Waals surface area contributed by atoms with Gasteiger partial charge in [0, 0.05) is 35.5 Å². The summed E-state index contributed by atoms with van der Waals surface area (Å²) in [5.74, 6) is -1.05. The molecule has 1 unspecified atom stereocenters. The number of alkyl halides is 3. The predicted molar refractivity (Wildman–Crippen MR) is 175 cm³/mol. The van der Waals surface area contributed by atoms with Crippen LogP contribution in [0.4, 0.5) is 29.3 Å². The summed E-state index contributed by atoms with van der Waals surface area (Å²) in [6.07, 6.45) is 0.447. The van der Waals surface area contributed by atoms with Gasteiger partial charge in [-0.05, 0) is 75.1 Å². The lowest BCUT2D eigenvalue weighted by Gasteiger charge is -2.17. The second-order valence-electron chi connectivity index (χ2n) is 11.0. The Bertz CT molecular complexity index is 1870. The molecular weight excluding hydrogens is 635 g/mol. The van der Waals surface area contributed by atoms with Gasteiger partial charge < -0.3 is 26.2 Å². The molecule has 3 aromatic carbocycles. The number of likely N-dealkylation sites (N-methyl/N-ethyl adjacent to an activating group) is 1. The zero-order chi connectivity index (χ0) is 33.7. The van der Waals surface area contributed by atoms with Crippen molar-refractivity contribution in [2.45, 2.75) is 12.6 Å². The van der Waals surface area contributed by atoms with Gasteiger partial charge in [-0.3, -0.25) is 9.59 Å². The summed E-state index contributed by atoms with van der Waals surface area (Å²) in [5.41, 5.74) is 1.59. The molecule has 5 rings (SSSR count). The van der Waals surface area contributed by atoms with Crippen molar-refractivity contribution in [3.05, 3.63) is 107 Å². The summed E-state index contributed by atoms with van der Waals surface area (Å²) in [6.45, 7) is 1.18. The second kappa shape index (κ2) is 14.1. The Labute approximate surface area is 273 Å². The van der Waals surface area contributed by atoms with Crippen molar-refractivity contribution in [1.29, 1.82) is 0 Å². The highest BCUT2D eigenvalue weighted by Crippen LogP contribution is 2.36. The van der Waals surface area contributed by atoms with Gasteiger partial charge in [-0.1, -0.05) is 42.0 Å². The molecule has 1 atom stereocenters. The van der Waals surface area contributed by atoms with Gasteiger partial charge in [-0.2, -0.15) is 18.3 Å². The summed E-state index contributed by atoms with van der Waals surface area (Å²) >= 11 is 5.63. The maximum absolute atomic E-state index is 13.1. The molecule has 4 amide bonds. The maximum Gasteiger partial charge on any atom is 0.417 e. The number of benzene rings is 3. The van der Waals surface area contributed by atoms with E-state index in [0.717, 1.165) is 23.0 Å². The van der Waals surface area contributed by atoms with E-state index in [4.69, 9.17) is 11.6 Å². The van der Waals surface area contributed by atoms with E-state index in [1.54, 1.807) is 47.2 Å². The number of nitrogens with one attached hydrogen (secondary N) is 4. The van der Waals surface area contributed by atoms with Gasteiger partial charge in [-0.15, -0.1) is 0 Å². The fourth-order valence-corrected chi connectivity index (χ4v) is 5.07. The first kappa shape index (κ1) is 33.2. The molecule has 0 saturated carbocycles. The third-order valence-electron chi connectivity index (χ3n) is 7.25. The van der Waals surface area contributed by atoms with Gasteiger partial charge in [0.1, 0.15) is 0 Å². The Morgan fingerprint density at radius 2 is 1.70 bits per heavy atom. The molecule has 1 aromatic heterocycles. The molecule has 0 saturated heterocycles. The normalized spacial score (nSPS) is 14.5. The van der Waals surface area contributed by atoms with Crippen LogP contribution in [0.15, 0.2) is 90.7 Å². The van der Waals surface area contributed by atoms with Crippen LogP contribution >= 0.6 is 11.6 Å². The lowest BCUT2D eigenvalue weighted by molar-refractivity contribution is -0.137. The number of aromatic nitrogens is 2. The van der Waals surface area contributed by atoms with Crippen LogP contribution in [-0.2, 0) is 11.0 Å². The smallest absolute Gasteiger partial charge is 0.349 e. The van der Waals surface area contributed by atoms with Crippen LogP contribution in [0, 0.1) is 5.92 Å². The second-order valence-corrected chi connectivity index (χ2v) is 11.4. The number of carbonyl (C=O) groups is 3. The summed E-state index contributed by atoms with van der Waals surface area (Å²) < 4.78 is 41.0. The first-order valence-electron chi connectivity index (χ1n) is 14.5. The minimum Gasteiger partial charge on any atom is -0.349 e. The summed E-state index contributed by atoms with van der Waals surface area (Å²) in [5, 5.41) is 15.5. The maximum atomic E-state index is 13.1. The number of urea groups is 1. The highest BCUT2D eigenvalue weighted by atomic mass is 35.5. The predicted octanol–water partition coefficient (Wildman–Crippen LogP) is 6.21. The molecule has 1 aliphatic carbocycles. The molecule has 244 valence electrons. The molecule has 1 aliphatic rings. The van der Waals surface area contributed by atoms with E-state index in [0.29, 0.717) is 35.9 Å². The molecule has 10 nitrogen and oxygen atoms in total. The quantitative estimate of drug-likeness (QED) is 0.170. The SMILES string of the molecule is CN(C)CCNC(=O)c1nn(-c2ccc(NC(=O)C3C=CC(NC(=O)Nc4ccc(Cl)c(C(F)(F)F)c4)=CC3)cc2)c2ccccc12. The van der Waals surface area contributed by atoms with E-state index in [1.807, 2.05) is 43.3 Å². The Morgan fingerprint density at radius 3 is 2.38 bits per heavy atom. The summed E-state index contributed by atoms with van der Waals surface area (Å²) in [6, 6.07) is 16.8. The zero-order valence-corrected chi connectivity index (χ0v) is 26.1. The van der Waals surface area contributed by atoms with Crippen LogP contribution < -0.4 is 21.3 Å². The lowest BCUT2D eigenvalue weighted by Crippen LogP contribution is -2.31. The number of allylic oxidation sites excluding steroid dienone is 2. The van der Waals surface area contributed by atoms with Gasteiger partial charge in [0.25, 0.3) is 5.91 Å². The van der Waals surface area contributed by atoms with E-state index in [9.17, 15) is 27.6 Å². The minimum absolute atomic E-state index is 0.0785. The number of fused-ring (bicyclic) bond motifs is 1. The van der Waals surface area contributed by atoms with E-state index in [2.05, 4.69) is 26.4 Å². The third-order valence-corrected chi connectivity index (χ3v) is 7.58. The van der Waals surface area contributed by atoms with E-state index in [1.165, 1.54) is 6.07 Å². The Hall–Kier alpha value is -5.14. The highest BCUT2D eigenvalue weighted by molar-refractivity contribution is 6.31. The van der Waals surface area contributed by atoms with Crippen LogP contribution in [0.5, 0.6) is 0 Å². The first-order valence-corrected chi connectivity index (χ1v) is 14.9. The number of hydrogen-bond acceptors (Lipinski definition) is 5. The third kappa shape index (κ3) is 8.18. The molecule has 4 aromatic rings. The molecule has 0 fully saturated rings. The molecule has 0 radical (unpaired) electrons. The monoisotopic (exact) mass is 665 g/mol. The van der Waals surface area contributed by atoms with Gasteiger partial charge >= 0.3 is 12.2 Å². The van der Waals surface area contributed by atoms with Crippen LogP contribution in [-0.4, -0.2) is 59.7 Å². The number of amides is 4. The van der Waals surface area contributed by atoms with Crippen LogP contribution in [0.1, 0.15) is 22.5 Å². The van der Waals surface area contributed by atoms with Gasteiger partial charge in [0.15, 0.2) is 5.69 Å². The number of halogens is 4. The van der Waals surface area contributed by atoms with E-state index in [-0.39, 0.29) is 23.9 Å². The van der Waals surface area contributed by atoms with Gasteiger partial charge in [0.2, 0.25) is 5.91 Å². The van der Waals surface area contributed by atoms with E-state index >= 15 is 0 Å². The topological polar surface area (TPSA) is 120 Å². The minimum atomic E-state index is -4.67. The van der Waals surface area contributed by atoms with Crippen LogP contribution in [0.25, 0.3) is 16.6 Å². The molecule has 0 spiro atoms. The highest BCUT2D eigenvalue weighted by Gasteiger charge is 2.33. The lowest BCUT2D eigenvalue weighted by atomic mass is 9.98.